The summed E-state index contributed by atoms with van der Waals surface area (Å²) in [6.07, 6.45) is -0.137. The van der Waals surface area contributed by atoms with Crippen LogP contribution in [0.3, 0.4) is 0 Å². The zero-order chi connectivity index (χ0) is 22.8. The number of benzene rings is 2. The molecular weight excluding hydrogens is 424 g/mol. The van der Waals surface area contributed by atoms with Crippen LogP contribution in [0.25, 0.3) is 10.9 Å². The Morgan fingerprint density at radius 2 is 1.87 bits per heavy atom. The predicted octanol–water partition coefficient (Wildman–Crippen LogP) is 1.89. The fraction of sp³-hybridized carbons (Fsp3) is 0.238. The molecule has 0 radical (unpaired) electrons. The van der Waals surface area contributed by atoms with Crippen molar-refractivity contribution in [3.8, 4) is 5.75 Å². The topological polar surface area (TPSA) is 126 Å². The highest BCUT2D eigenvalue weighted by Gasteiger charge is 2.21. The first kappa shape index (κ1) is 22.5. The molecule has 0 atom stereocenters. The van der Waals surface area contributed by atoms with E-state index in [4.69, 9.17) is 5.11 Å². The Morgan fingerprint density at radius 3 is 2.52 bits per heavy atom. The Labute approximate surface area is 178 Å². The number of aliphatic hydroxyl groups excluding tert-OH is 1. The molecular formula is C21H22N2O7S. The van der Waals surface area contributed by atoms with Crippen molar-refractivity contribution >= 4 is 27.1 Å². The van der Waals surface area contributed by atoms with Gasteiger partial charge in [-0.15, -0.1) is 0 Å². The second kappa shape index (κ2) is 8.88. The average Bonchev–Trinajstić information content (AvgIpc) is 2.71. The maximum Gasteiger partial charge on any atom is 0.511 e. The number of fused-ring (bicyclic) bond motifs is 1. The van der Waals surface area contributed by atoms with Gasteiger partial charge in [0.15, 0.2) is 5.75 Å². The Bertz CT molecular complexity index is 1300. The minimum absolute atomic E-state index is 0.135. The summed E-state index contributed by atoms with van der Waals surface area (Å²) in [5.41, 5.74) is 1.11. The number of ether oxygens (including phenoxy) is 1. The number of hydrogen-bond acceptors (Lipinski definition) is 6. The number of aromatic nitrogens is 1. The van der Waals surface area contributed by atoms with E-state index < -0.39 is 21.6 Å². The van der Waals surface area contributed by atoms with Crippen molar-refractivity contribution in [3.63, 3.8) is 0 Å². The third-order valence-electron chi connectivity index (χ3n) is 4.78. The summed E-state index contributed by atoms with van der Waals surface area (Å²) in [5, 5.41) is 18.4. The Balaban J connectivity index is 2.13. The van der Waals surface area contributed by atoms with E-state index in [1.54, 1.807) is 36.4 Å². The van der Waals surface area contributed by atoms with E-state index in [2.05, 4.69) is 4.74 Å². The van der Waals surface area contributed by atoms with Gasteiger partial charge in [-0.2, -0.15) is 0 Å². The van der Waals surface area contributed by atoms with Crippen LogP contribution in [0, 0.1) is 0 Å². The van der Waals surface area contributed by atoms with Gasteiger partial charge >= 0.3 is 6.16 Å². The standard InChI is InChI=1S/C21H22N2O7S/c1-22(2)31(28,29)19-6-4-3-5-15(19)11-14-7-8-17-16(12-14)20(25)18(30-21(26)27)13-23(17)9-10-24/h3-8,12-13,24H,9-11H2,1-2H3,(H,26,27). The molecule has 2 aromatic carbocycles. The van der Waals surface area contributed by atoms with E-state index in [1.807, 2.05) is 0 Å². The number of aliphatic hydroxyl groups is 1. The lowest BCUT2D eigenvalue weighted by Gasteiger charge is -2.16. The van der Waals surface area contributed by atoms with E-state index >= 15 is 0 Å². The molecule has 0 saturated heterocycles. The Hall–Kier alpha value is -3.21. The minimum atomic E-state index is -3.66. The molecule has 0 aliphatic rings. The van der Waals surface area contributed by atoms with Crippen molar-refractivity contribution in [2.45, 2.75) is 17.9 Å². The molecule has 0 bridgehead atoms. The zero-order valence-electron chi connectivity index (χ0n) is 17.0. The maximum atomic E-state index is 12.8. The lowest BCUT2D eigenvalue weighted by molar-refractivity contribution is 0.143. The van der Waals surface area contributed by atoms with Gasteiger partial charge < -0.3 is 19.5 Å². The van der Waals surface area contributed by atoms with Gasteiger partial charge in [-0.1, -0.05) is 24.3 Å². The molecule has 1 heterocycles. The summed E-state index contributed by atoms with van der Waals surface area (Å²) in [4.78, 5) is 23.9. The van der Waals surface area contributed by atoms with Crippen molar-refractivity contribution in [2.24, 2.45) is 0 Å². The SMILES string of the molecule is CN(C)S(=O)(=O)c1ccccc1Cc1ccc2c(c1)c(=O)c(OC(=O)O)cn2CCO. The van der Waals surface area contributed by atoms with Crippen molar-refractivity contribution in [1.82, 2.24) is 8.87 Å². The maximum absolute atomic E-state index is 12.8. The van der Waals surface area contributed by atoms with Gasteiger partial charge in [0.1, 0.15) is 0 Å². The highest BCUT2D eigenvalue weighted by Crippen LogP contribution is 2.24. The third-order valence-corrected chi connectivity index (χ3v) is 6.69. The molecule has 164 valence electrons. The number of rotatable bonds is 7. The fourth-order valence-electron chi connectivity index (χ4n) is 3.31. The summed E-state index contributed by atoms with van der Waals surface area (Å²) in [7, 11) is -0.750. The van der Waals surface area contributed by atoms with Crippen molar-refractivity contribution in [2.75, 3.05) is 20.7 Å². The normalized spacial score (nSPS) is 11.7. The molecule has 0 amide bonds. The molecule has 10 heteroatoms. The van der Waals surface area contributed by atoms with Crippen LogP contribution in [0.15, 0.2) is 58.4 Å². The quantitative estimate of drug-likeness (QED) is 0.531. The second-order valence-corrected chi connectivity index (χ2v) is 9.15. The van der Waals surface area contributed by atoms with E-state index in [1.165, 1.54) is 30.9 Å². The minimum Gasteiger partial charge on any atom is -0.449 e. The first-order valence-corrected chi connectivity index (χ1v) is 10.8. The van der Waals surface area contributed by atoms with Crippen LogP contribution in [-0.4, -0.2) is 54.4 Å². The number of sulfonamides is 1. The van der Waals surface area contributed by atoms with Crippen LogP contribution in [0.5, 0.6) is 5.75 Å². The van der Waals surface area contributed by atoms with Crippen molar-refractivity contribution in [1.29, 1.82) is 0 Å². The number of nitrogens with zero attached hydrogens (tertiary/aromatic N) is 2. The van der Waals surface area contributed by atoms with Gasteiger partial charge in [0.05, 0.1) is 23.2 Å². The fourth-order valence-corrected chi connectivity index (χ4v) is 4.42. The summed E-state index contributed by atoms with van der Waals surface area (Å²) < 4.78 is 32.6. The summed E-state index contributed by atoms with van der Waals surface area (Å²) in [6.45, 7) is -0.0853. The molecule has 0 unspecified atom stereocenters. The summed E-state index contributed by atoms with van der Waals surface area (Å²) in [5.74, 6) is -0.374. The van der Waals surface area contributed by atoms with Gasteiger partial charge in [-0.25, -0.2) is 17.5 Å². The number of carbonyl (C=O) groups is 1. The highest BCUT2D eigenvalue weighted by atomic mass is 32.2. The molecule has 0 aliphatic carbocycles. The van der Waals surface area contributed by atoms with Gasteiger partial charge in [-0.05, 0) is 35.7 Å². The Kier molecular flexibility index (Phi) is 6.44. The molecule has 31 heavy (non-hydrogen) atoms. The average molecular weight is 446 g/mol. The first-order valence-electron chi connectivity index (χ1n) is 9.33. The van der Waals surface area contributed by atoms with E-state index in [0.29, 0.717) is 16.6 Å². The molecule has 9 nitrogen and oxygen atoms in total. The molecule has 3 rings (SSSR count). The van der Waals surface area contributed by atoms with E-state index in [-0.39, 0.29) is 35.6 Å². The lowest BCUT2D eigenvalue weighted by Crippen LogP contribution is -2.23. The van der Waals surface area contributed by atoms with Gasteiger partial charge in [0.25, 0.3) is 0 Å². The van der Waals surface area contributed by atoms with E-state index in [0.717, 1.165) is 4.31 Å². The van der Waals surface area contributed by atoms with Crippen LogP contribution in [0.1, 0.15) is 11.1 Å². The van der Waals surface area contributed by atoms with Crippen LogP contribution >= 0.6 is 0 Å². The van der Waals surface area contributed by atoms with Crippen LogP contribution in [0.4, 0.5) is 4.79 Å². The molecule has 0 fully saturated rings. The van der Waals surface area contributed by atoms with Crippen LogP contribution < -0.4 is 10.2 Å². The van der Waals surface area contributed by atoms with E-state index in [9.17, 15) is 23.1 Å². The van der Waals surface area contributed by atoms with Gasteiger partial charge in [0.2, 0.25) is 15.5 Å². The number of pyridine rings is 1. The molecule has 2 N–H and O–H groups in total. The van der Waals surface area contributed by atoms with Crippen LogP contribution in [-0.2, 0) is 23.0 Å². The predicted molar refractivity (Wildman–Crippen MR) is 114 cm³/mol. The largest absolute Gasteiger partial charge is 0.511 e. The smallest absolute Gasteiger partial charge is 0.449 e. The summed E-state index contributed by atoms with van der Waals surface area (Å²) in [6, 6.07) is 11.6. The number of carboxylic acid groups (broad SMARTS) is 1. The first-order chi connectivity index (χ1) is 14.6. The van der Waals surface area contributed by atoms with Crippen LogP contribution in [0.2, 0.25) is 0 Å². The second-order valence-electron chi connectivity index (χ2n) is 7.03. The van der Waals surface area contributed by atoms with Crippen molar-refractivity contribution in [3.05, 3.63) is 70.0 Å². The van der Waals surface area contributed by atoms with Crippen molar-refractivity contribution < 1.29 is 28.2 Å². The van der Waals surface area contributed by atoms with Gasteiger partial charge in [-0.3, -0.25) is 4.79 Å². The lowest BCUT2D eigenvalue weighted by atomic mass is 10.0. The Morgan fingerprint density at radius 1 is 1.16 bits per heavy atom. The van der Waals surface area contributed by atoms with Gasteiger partial charge in [0, 0.05) is 26.0 Å². The molecule has 0 aliphatic heterocycles. The molecule has 1 aromatic heterocycles. The molecule has 3 aromatic rings. The third kappa shape index (κ3) is 4.61. The molecule has 0 spiro atoms. The number of hydrogen-bond donors (Lipinski definition) is 2. The highest BCUT2D eigenvalue weighted by molar-refractivity contribution is 7.89. The molecule has 0 saturated carbocycles. The summed E-state index contributed by atoms with van der Waals surface area (Å²) >= 11 is 0. The monoisotopic (exact) mass is 446 g/mol. The zero-order valence-corrected chi connectivity index (χ0v) is 17.8.